The van der Waals surface area contributed by atoms with Gasteiger partial charge in [0, 0.05) is 5.33 Å². The zero-order chi connectivity index (χ0) is 10.8. The lowest BCUT2D eigenvalue weighted by atomic mass is 10.1. The van der Waals surface area contributed by atoms with Crippen molar-refractivity contribution in [1.82, 2.24) is 4.98 Å². The van der Waals surface area contributed by atoms with Crippen molar-refractivity contribution in [3.8, 4) is 10.4 Å². The van der Waals surface area contributed by atoms with Crippen LogP contribution in [0, 0.1) is 8.83 Å². The van der Waals surface area contributed by atoms with Crippen molar-refractivity contribution in [2.45, 2.75) is 5.33 Å². The molecule has 0 aliphatic carbocycles. The maximum atomic E-state index is 12.8. The maximum Gasteiger partial charge on any atom is 0.154 e. The standard InChI is InChI=1S/C10H6BrFINS/c11-5-8-9(15-10(13)14-8)6-1-3-7(12)4-2-6/h1-4H,5H2. The number of nitrogens with zero attached hydrogens (tertiary/aromatic N) is 1. The Balaban J connectivity index is 2.48. The highest BCUT2D eigenvalue weighted by atomic mass is 127. The van der Waals surface area contributed by atoms with Crippen molar-refractivity contribution in [2.75, 3.05) is 0 Å². The minimum atomic E-state index is -0.210. The number of aromatic nitrogens is 1. The molecule has 1 aromatic heterocycles. The highest BCUT2D eigenvalue weighted by molar-refractivity contribution is 14.1. The second kappa shape index (κ2) is 4.88. The minimum absolute atomic E-state index is 0.210. The third kappa shape index (κ3) is 2.57. The summed E-state index contributed by atoms with van der Waals surface area (Å²) in [5.74, 6) is -0.210. The van der Waals surface area contributed by atoms with E-state index in [4.69, 9.17) is 0 Å². The van der Waals surface area contributed by atoms with Gasteiger partial charge in [0.05, 0.1) is 10.6 Å². The van der Waals surface area contributed by atoms with Crippen LogP contribution in [0.1, 0.15) is 5.69 Å². The Kier molecular flexibility index (Phi) is 3.73. The van der Waals surface area contributed by atoms with E-state index in [0.29, 0.717) is 0 Å². The number of benzene rings is 1. The Labute approximate surface area is 113 Å². The molecule has 0 atom stereocenters. The molecule has 0 saturated carbocycles. The zero-order valence-electron chi connectivity index (χ0n) is 7.51. The Morgan fingerprint density at radius 2 is 2.00 bits per heavy atom. The van der Waals surface area contributed by atoms with Crippen LogP contribution in [0.3, 0.4) is 0 Å². The molecule has 0 bridgehead atoms. The van der Waals surface area contributed by atoms with Gasteiger partial charge in [0.2, 0.25) is 0 Å². The van der Waals surface area contributed by atoms with Gasteiger partial charge in [0.15, 0.2) is 3.01 Å². The Morgan fingerprint density at radius 1 is 1.33 bits per heavy atom. The number of alkyl halides is 1. The number of halogens is 3. The number of hydrogen-bond acceptors (Lipinski definition) is 2. The van der Waals surface area contributed by atoms with Gasteiger partial charge in [-0.2, -0.15) is 0 Å². The Hall–Kier alpha value is -0.0100. The van der Waals surface area contributed by atoms with E-state index in [-0.39, 0.29) is 5.82 Å². The molecule has 1 heterocycles. The van der Waals surface area contributed by atoms with E-state index < -0.39 is 0 Å². The van der Waals surface area contributed by atoms with Gasteiger partial charge < -0.3 is 0 Å². The average Bonchev–Trinajstić information content (AvgIpc) is 2.61. The molecule has 0 saturated heterocycles. The average molecular weight is 398 g/mol. The second-order valence-corrected chi connectivity index (χ2v) is 6.20. The van der Waals surface area contributed by atoms with Crippen LogP contribution in [0.15, 0.2) is 24.3 Å². The molecule has 2 aromatic rings. The van der Waals surface area contributed by atoms with E-state index in [1.807, 2.05) is 0 Å². The fraction of sp³-hybridized carbons (Fsp3) is 0.100. The third-order valence-corrected chi connectivity index (χ3v) is 4.27. The quantitative estimate of drug-likeness (QED) is 0.539. The van der Waals surface area contributed by atoms with Gasteiger partial charge in [-0.15, -0.1) is 11.3 Å². The first-order chi connectivity index (χ1) is 7.20. The summed E-state index contributed by atoms with van der Waals surface area (Å²) in [5, 5.41) is 0.721. The lowest BCUT2D eigenvalue weighted by molar-refractivity contribution is 0.628. The van der Waals surface area contributed by atoms with Crippen LogP contribution in [-0.2, 0) is 5.33 Å². The molecule has 0 amide bonds. The van der Waals surface area contributed by atoms with Crippen molar-refractivity contribution in [3.05, 3.63) is 38.8 Å². The van der Waals surface area contributed by atoms with Crippen LogP contribution in [-0.4, -0.2) is 4.98 Å². The minimum Gasteiger partial charge on any atom is -0.234 e. The van der Waals surface area contributed by atoms with Gasteiger partial charge in [-0.1, -0.05) is 28.1 Å². The number of rotatable bonds is 2. The van der Waals surface area contributed by atoms with E-state index in [9.17, 15) is 4.39 Å². The van der Waals surface area contributed by atoms with Gasteiger partial charge in [0.1, 0.15) is 5.82 Å². The van der Waals surface area contributed by atoms with Crippen LogP contribution in [0.2, 0.25) is 0 Å². The molecule has 1 aromatic carbocycles. The summed E-state index contributed by atoms with van der Waals surface area (Å²) in [6, 6.07) is 6.51. The molecule has 1 nitrogen and oxygen atoms in total. The monoisotopic (exact) mass is 397 g/mol. The summed E-state index contributed by atoms with van der Waals surface area (Å²) in [5.41, 5.74) is 2.03. The first-order valence-electron chi connectivity index (χ1n) is 4.18. The lowest BCUT2D eigenvalue weighted by Crippen LogP contribution is -1.82. The predicted octanol–water partition coefficient (Wildman–Crippen LogP) is 4.45. The maximum absolute atomic E-state index is 12.8. The van der Waals surface area contributed by atoms with Crippen LogP contribution in [0.25, 0.3) is 10.4 Å². The van der Waals surface area contributed by atoms with Crippen LogP contribution in [0.4, 0.5) is 4.39 Å². The summed E-state index contributed by atoms with van der Waals surface area (Å²) in [7, 11) is 0. The highest BCUT2D eigenvalue weighted by Crippen LogP contribution is 2.32. The van der Waals surface area contributed by atoms with E-state index >= 15 is 0 Å². The van der Waals surface area contributed by atoms with Crippen molar-refractivity contribution >= 4 is 49.9 Å². The second-order valence-electron chi connectivity index (χ2n) is 2.88. The molecule has 0 N–H and O–H groups in total. The van der Waals surface area contributed by atoms with Crippen LogP contribution in [0.5, 0.6) is 0 Å². The fourth-order valence-electron chi connectivity index (χ4n) is 1.24. The molecule has 0 aliphatic heterocycles. The SMILES string of the molecule is Fc1ccc(-c2sc(I)nc2CBr)cc1. The topological polar surface area (TPSA) is 12.9 Å². The largest absolute Gasteiger partial charge is 0.234 e. The molecule has 0 radical (unpaired) electrons. The summed E-state index contributed by atoms with van der Waals surface area (Å²) < 4.78 is 13.8. The molecular formula is C10H6BrFINS. The summed E-state index contributed by atoms with van der Waals surface area (Å²) in [6.45, 7) is 0. The van der Waals surface area contributed by atoms with Crippen molar-refractivity contribution in [1.29, 1.82) is 0 Å². The van der Waals surface area contributed by atoms with Gasteiger partial charge in [0.25, 0.3) is 0 Å². The van der Waals surface area contributed by atoms with Crippen molar-refractivity contribution < 1.29 is 4.39 Å². The van der Waals surface area contributed by atoms with E-state index in [0.717, 1.165) is 24.5 Å². The summed E-state index contributed by atoms with van der Waals surface area (Å²) >= 11 is 7.22. The fourth-order valence-corrected chi connectivity index (χ4v) is 3.60. The van der Waals surface area contributed by atoms with Crippen LogP contribution >= 0.6 is 49.9 Å². The third-order valence-electron chi connectivity index (χ3n) is 1.90. The molecular weight excluding hydrogens is 392 g/mol. The van der Waals surface area contributed by atoms with Crippen molar-refractivity contribution in [2.24, 2.45) is 0 Å². The summed E-state index contributed by atoms with van der Waals surface area (Å²) in [6.07, 6.45) is 0. The van der Waals surface area contributed by atoms with Gasteiger partial charge >= 0.3 is 0 Å². The normalized spacial score (nSPS) is 10.6. The Bertz CT molecular complexity index is 469. The number of thiazole rings is 1. The molecule has 0 spiro atoms. The predicted molar refractivity (Wildman–Crippen MR) is 72.9 cm³/mol. The summed E-state index contributed by atoms with van der Waals surface area (Å²) in [4.78, 5) is 5.50. The molecule has 2 rings (SSSR count). The smallest absolute Gasteiger partial charge is 0.154 e. The molecule has 0 fully saturated rings. The molecule has 0 unspecified atom stereocenters. The zero-order valence-corrected chi connectivity index (χ0v) is 12.1. The molecule has 5 heteroatoms. The highest BCUT2D eigenvalue weighted by Gasteiger charge is 2.10. The van der Waals surface area contributed by atoms with Gasteiger partial charge in [-0.05, 0) is 40.3 Å². The van der Waals surface area contributed by atoms with Crippen LogP contribution < -0.4 is 0 Å². The van der Waals surface area contributed by atoms with Gasteiger partial charge in [-0.25, -0.2) is 9.37 Å². The number of hydrogen-bond donors (Lipinski definition) is 0. The van der Waals surface area contributed by atoms with Crippen molar-refractivity contribution in [3.63, 3.8) is 0 Å². The molecule has 0 aliphatic rings. The molecule has 15 heavy (non-hydrogen) atoms. The first-order valence-corrected chi connectivity index (χ1v) is 7.19. The van der Waals surface area contributed by atoms with Gasteiger partial charge in [-0.3, -0.25) is 0 Å². The van der Waals surface area contributed by atoms with E-state index in [1.165, 1.54) is 12.1 Å². The van der Waals surface area contributed by atoms with E-state index in [1.54, 1.807) is 23.5 Å². The Morgan fingerprint density at radius 3 is 2.60 bits per heavy atom. The first kappa shape index (κ1) is 11.5. The van der Waals surface area contributed by atoms with E-state index in [2.05, 4.69) is 43.5 Å². The lowest BCUT2D eigenvalue weighted by Gasteiger charge is -1.98. The molecule has 78 valence electrons.